The number of carbonyl (C=O) groups excluding carboxylic acids is 2. The molecule has 0 unspecified atom stereocenters. The number of piperidine rings is 1. The maximum atomic E-state index is 13.7. The van der Waals surface area contributed by atoms with Crippen molar-refractivity contribution >= 4 is 68.7 Å². The maximum absolute atomic E-state index is 13.7. The second-order valence-corrected chi connectivity index (χ2v) is 13.2. The average Bonchev–Trinajstić information content (AvgIpc) is 3.01. The Bertz CT molecular complexity index is 1770. The number of carbonyl (C=O) groups is 2. The van der Waals surface area contributed by atoms with Gasteiger partial charge in [0.15, 0.2) is 0 Å². The molecule has 0 spiro atoms. The number of likely N-dealkylation sites (tertiary alicyclic amines) is 1. The summed E-state index contributed by atoms with van der Waals surface area (Å²) in [5.41, 5.74) is 3.24. The molecule has 3 amide bonds. The zero-order valence-electron chi connectivity index (χ0n) is 25.9. The summed E-state index contributed by atoms with van der Waals surface area (Å²) in [6.07, 6.45) is 4.43. The Morgan fingerprint density at radius 1 is 0.957 bits per heavy atom. The van der Waals surface area contributed by atoms with E-state index >= 15 is 0 Å². The van der Waals surface area contributed by atoms with Crippen LogP contribution in [0, 0.1) is 0 Å². The molecular weight excluding hydrogens is 663 g/mol. The van der Waals surface area contributed by atoms with Crippen LogP contribution in [0.5, 0.6) is 11.6 Å². The first kappa shape index (κ1) is 35.5. The lowest BCUT2D eigenvalue weighted by Crippen LogP contribution is -2.49. The number of hydrogen-bond donors (Lipinski definition) is 3. The summed E-state index contributed by atoms with van der Waals surface area (Å²) >= 11 is 6.22. The van der Waals surface area contributed by atoms with E-state index in [1.807, 2.05) is 41.3 Å². The number of halogens is 2. The van der Waals surface area contributed by atoms with Crippen LogP contribution in [-0.2, 0) is 21.4 Å². The van der Waals surface area contributed by atoms with Crippen molar-refractivity contribution in [1.29, 1.82) is 0 Å². The molecule has 0 atom stereocenters. The van der Waals surface area contributed by atoms with E-state index in [9.17, 15) is 18.0 Å². The molecule has 0 radical (unpaired) electrons. The SMILES string of the molecule is CC(=O)Nc1cc(NC(=O)N(c2ccccc2)C2CCN(Cc3ccc(Oc4ccc(NS(C)(=O)=O)cc4)nc3)CC2)ccc1Cl.Cl. The molecule has 47 heavy (non-hydrogen) atoms. The summed E-state index contributed by atoms with van der Waals surface area (Å²) in [6, 6.07) is 24.7. The molecule has 1 fully saturated rings. The van der Waals surface area contributed by atoms with E-state index in [1.54, 1.807) is 54.7 Å². The number of pyridine rings is 1. The normalized spacial score (nSPS) is 13.6. The largest absolute Gasteiger partial charge is 0.439 e. The molecule has 0 aliphatic carbocycles. The number of para-hydroxylation sites is 1. The minimum Gasteiger partial charge on any atom is -0.439 e. The van der Waals surface area contributed by atoms with Gasteiger partial charge < -0.3 is 15.4 Å². The Labute approximate surface area is 285 Å². The number of urea groups is 1. The van der Waals surface area contributed by atoms with Gasteiger partial charge in [-0.25, -0.2) is 18.2 Å². The lowest BCUT2D eigenvalue weighted by molar-refractivity contribution is -0.114. The molecule has 0 bridgehead atoms. The van der Waals surface area contributed by atoms with Crippen molar-refractivity contribution in [3.8, 4) is 11.6 Å². The zero-order valence-corrected chi connectivity index (χ0v) is 28.2. The molecule has 1 saturated heterocycles. The summed E-state index contributed by atoms with van der Waals surface area (Å²) in [5.74, 6) is 0.718. The third-order valence-corrected chi connectivity index (χ3v) is 8.22. The van der Waals surface area contributed by atoms with Crippen LogP contribution in [0.1, 0.15) is 25.3 Å². The zero-order chi connectivity index (χ0) is 32.7. The Morgan fingerprint density at radius 3 is 2.26 bits per heavy atom. The number of benzene rings is 3. The predicted molar refractivity (Wildman–Crippen MR) is 188 cm³/mol. The molecule has 14 heteroatoms. The van der Waals surface area contributed by atoms with Crippen molar-refractivity contribution in [2.45, 2.75) is 32.4 Å². The van der Waals surface area contributed by atoms with Gasteiger partial charge in [-0.15, -0.1) is 12.4 Å². The summed E-state index contributed by atoms with van der Waals surface area (Å²) < 4.78 is 31.0. The molecule has 1 aliphatic rings. The monoisotopic (exact) mass is 698 g/mol. The summed E-state index contributed by atoms with van der Waals surface area (Å²) in [5, 5.41) is 6.05. The van der Waals surface area contributed by atoms with Gasteiger partial charge in [0.05, 0.1) is 17.0 Å². The van der Waals surface area contributed by atoms with Crippen LogP contribution in [-0.4, -0.2) is 55.6 Å². The van der Waals surface area contributed by atoms with Crippen molar-refractivity contribution < 1.29 is 22.7 Å². The molecule has 248 valence electrons. The Hall–Kier alpha value is -4.36. The molecule has 5 rings (SSSR count). The van der Waals surface area contributed by atoms with E-state index in [4.69, 9.17) is 16.3 Å². The van der Waals surface area contributed by atoms with Crippen molar-refractivity contribution in [3.05, 3.63) is 102 Å². The number of rotatable bonds is 10. The minimum absolute atomic E-state index is 0. The van der Waals surface area contributed by atoms with E-state index in [0.717, 1.165) is 43.4 Å². The van der Waals surface area contributed by atoms with Crippen LogP contribution >= 0.6 is 24.0 Å². The smallest absolute Gasteiger partial charge is 0.326 e. The Kier molecular flexibility index (Phi) is 12.1. The van der Waals surface area contributed by atoms with Crippen LogP contribution in [0.3, 0.4) is 0 Å². The lowest BCUT2D eigenvalue weighted by Gasteiger charge is -2.38. The van der Waals surface area contributed by atoms with Crippen LogP contribution in [0.15, 0.2) is 91.1 Å². The van der Waals surface area contributed by atoms with Gasteiger partial charge in [-0.1, -0.05) is 35.9 Å². The number of ether oxygens (including phenoxy) is 1. The van der Waals surface area contributed by atoms with Crippen LogP contribution < -0.4 is 25.0 Å². The third-order valence-electron chi connectivity index (χ3n) is 7.29. The molecule has 3 N–H and O–H groups in total. The molecular formula is C33H36Cl2N6O5S. The van der Waals surface area contributed by atoms with Crippen molar-refractivity contribution in [1.82, 2.24) is 9.88 Å². The second kappa shape index (κ2) is 16.0. The first-order valence-corrected chi connectivity index (χ1v) is 16.9. The van der Waals surface area contributed by atoms with Crippen molar-refractivity contribution in [2.75, 3.05) is 39.6 Å². The average molecular weight is 700 g/mol. The van der Waals surface area contributed by atoms with E-state index in [2.05, 4.69) is 25.2 Å². The van der Waals surface area contributed by atoms with Crippen LogP contribution in [0.4, 0.5) is 27.5 Å². The third kappa shape index (κ3) is 10.3. The molecule has 2 heterocycles. The first-order valence-electron chi connectivity index (χ1n) is 14.7. The van der Waals surface area contributed by atoms with Crippen molar-refractivity contribution in [2.24, 2.45) is 0 Å². The van der Waals surface area contributed by atoms with E-state index in [1.165, 1.54) is 6.92 Å². The maximum Gasteiger partial charge on any atom is 0.326 e. The number of amides is 3. The fraction of sp³-hybridized carbons (Fsp3) is 0.242. The van der Waals surface area contributed by atoms with E-state index < -0.39 is 10.0 Å². The fourth-order valence-electron chi connectivity index (χ4n) is 5.24. The van der Waals surface area contributed by atoms with Gasteiger partial charge in [-0.2, -0.15) is 0 Å². The molecule has 11 nitrogen and oxygen atoms in total. The molecule has 1 aromatic heterocycles. The van der Waals surface area contributed by atoms with Gasteiger partial charge in [-0.3, -0.25) is 19.3 Å². The number of sulfonamides is 1. The first-order chi connectivity index (χ1) is 22.0. The number of nitrogens with one attached hydrogen (secondary N) is 3. The predicted octanol–water partition coefficient (Wildman–Crippen LogP) is 6.98. The van der Waals surface area contributed by atoms with Crippen LogP contribution in [0.2, 0.25) is 5.02 Å². The summed E-state index contributed by atoms with van der Waals surface area (Å²) in [4.78, 5) is 33.8. The van der Waals surface area contributed by atoms with Gasteiger partial charge >= 0.3 is 6.03 Å². The minimum atomic E-state index is -3.35. The topological polar surface area (TPSA) is 133 Å². The standard InChI is InChI=1S/C33H35ClN6O5S.ClH/c1-23(41)36-31-20-26(11-14-30(31)34)37-33(42)40(27-6-4-3-5-7-27)28-16-18-39(19-17-28)22-24-8-15-32(35-21-24)45-29-12-9-25(10-13-29)38-46(2,43)44;/h3-15,20-21,28,38H,16-19,22H2,1-2H3,(H,36,41)(H,37,42);1H. The van der Waals surface area contributed by atoms with Crippen LogP contribution in [0.25, 0.3) is 0 Å². The van der Waals surface area contributed by atoms with Gasteiger partial charge in [0.25, 0.3) is 0 Å². The summed E-state index contributed by atoms with van der Waals surface area (Å²) in [7, 11) is -3.35. The summed E-state index contributed by atoms with van der Waals surface area (Å²) in [6.45, 7) is 3.69. The number of hydrogen-bond acceptors (Lipinski definition) is 7. The molecule has 0 saturated carbocycles. The number of aromatic nitrogens is 1. The molecule has 1 aliphatic heterocycles. The quantitative estimate of drug-likeness (QED) is 0.163. The highest BCUT2D eigenvalue weighted by molar-refractivity contribution is 7.92. The lowest BCUT2D eigenvalue weighted by atomic mass is 10.0. The fourth-order valence-corrected chi connectivity index (χ4v) is 5.97. The van der Waals surface area contributed by atoms with Crippen molar-refractivity contribution in [3.63, 3.8) is 0 Å². The van der Waals surface area contributed by atoms with Gasteiger partial charge in [0.1, 0.15) is 5.75 Å². The van der Waals surface area contributed by atoms with Gasteiger partial charge in [0.2, 0.25) is 21.8 Å². The van der Waals surface area contributed by atoms with E-state index in [0.29, 0.717) is 40.3 Å². The van der Waals surface area contributed by atoms with Gasteiger partial charge in [-0.05, 0) is 73.0 Å². The highest BCUT2D eigenvalue weighted by Crippen LogP contribution is 2.29. The number of nitrogens with zero attached hydrogens (tertiary/aromatic N) is 3. The second-order valence-electron chi connectivity index (χ2n) is 11.0. The molecule has 4 aromatic rings. The van der Waals surface area contributed by atoms with Gasteiger partial charge in [0, 0.05) is 61.9 Å². The highest BCUT2D eigenvalue weighted by Gasteiger charge is 2.29. The number of anilines is 4. The molecule has 3 aromatic carbocycles. The Morgan fingerprint density at radius 2 is 1.64 bits per heavy atom. The highest BCUT2D eigenvalue weighted by atomic mass is 35.5. The van der Waals surface area contributed by atoms with E-state index in [-0.39, 0.29) is 30.4 Å². The Balaban J connectivity index is 0.00000500.